The van der Waals surface area contributed by atoms with Crippen LogP contribution in [0, 0.1) is 12.3 Å². The third-order valence-electron chi connectivity index (χ3n) is 4.38. The highest BCUT2D eigenvalue weighted by molar-refractivity contribution is 8.01. The van der Waals surface area contributed by atoms with Gasteiger partial charge in [0, 0.05) is 11.5 Å². The number of carboxylic acid groups (broad SMARTS) is 1. The SMILES string of the molecule is C#CCn1nnnc1SCC1=C(C(=O)O)N2C(=O)C(NC(=O)Cn3cnnn3)[C@@H]2SC1. The van der Waals surface area contributed by atoms with Crippen LogP contribution >= 0.6 is 23.5 Å². The van der Waals surface area contributed by atoms with E-state index in [-0.39, 0.29) is 24.5 Å². The number of amides is 2. The monoisotopic (exact) mass is 462 g/mol. The van der Waals surface area contributed by atoms with E-state index in [0.29, 0.717) is 16.5 Å². The number of aliphatic carboxylic acids is 1. The summed E-state index contributed by atoms with van der Waals surface area (Å²) in [5.41, 5.74) is 0.476. The number of hydrogen-bond acceptors (Lipinski definition) is 11. The molecule has 0 spiro atoms. The average Bonchev–Trinajstić information content (AvgIpc) is 3.42. The lowest BCUT2D eigenvalue weighted by Crippen LogP contribution is -2.70. The highest BCUT2D eigenvalue weighted by Gasteiger charge is 2.54. The molecule has 160 valence electrons. The smallest absolute Gasteiger partial charge is 0.352 e. The van der Waals surface area contributed by atoms with E-state index in [1.54, 1.807) is 0 Å². The average molecular weight is 462 g/mol. The van der Waals surface area contributed by atoms with E-state index in [1.165, 1.54) is 44.1 Å². The van der Waals surface area contributed by atoms with Crippen molar-refractivity contribution in [3.05, 3.63) is 17.6 Å². The number of tetrazole rings is 2. The number of fused-ring (bicyclic) bond motifs is 1. The van der Waals surface area contributed by atoms with Gasteiger partial charge in [0.15, 0.2) is 0 Å². The summed E-state index contributed by atoms with van der Waals surface area (Å²) >= 11 is 2.60. The van der Waals surface area contributed by atoms with Crippen molar-refractivity contribution in [2.45, 2.75) is 29.7 Å². The maximum atomic E-state index is 12.7. The van der Waals surface area contributed by atoms with Crippen LogP contribution in [0.4, 0.5) is 0 Å². The highest BCUT2D eigenvalue weighted by Crippen LogP contribution is 2.41. The van der Waals surface area contributed by atoms with Gasteiger partial charge in [0.1, 0.15) is 36.5 Å². The molecule has 2 aliphatic rings. The maximum Gasteiger partial charge on any atom is 0.352 e. The predicted octanol–water partition coefficient (Wildman–Crippen LogP) is -2.18. The number of carboxylic acids is 1. The predicted molar refractivity (Wildman–Crippen MR) is 105 cm³/mol. The Morgan fingerprint density at radius 1 is 1.39 bits per heavy atom. The molecule has 2 aromatic heterocycles. The molecule has 2 aliphatic heterocycles. The molecular weight excluding hydrogens is 448 g/mol. The Morgan fingerprint density at radius 3 is 2.94 bits per heavy atom. The first kappa shape index (κ1) is 20.8. The van der Waals surface area contributed by atoms with Gasteiger partial charge in [-0.15, -0.1) is 28.4 Å². The zero-order valence-corrected chi connectivity index (χ0v) is 17.3. The van der Waals surface area contributed by atoms with E-state index in [9.17, 15) is 19.5 Å². The molecule has 14 nitrogen and oxygen atoms in total. The summed E-state index contributed by atoms with van der Waals surface area (Å²) in [5.74, 6) is 0.930. The Morgan fingerprint density at radius 2 is 2.23 bits per heavy atom. The van der Waals surface area contributed by atoms with Crippen molar-refractivity contribution < 1.29 is 19.5 Å². The molecule has 31 heavy (non-hydrogen) atoms. The lowest BCUT2D eigenvalue weighted by atomic mass is 10.0. The summed E-state index contributed by atoms with van der Waals surface area (Å²) in [6.45, 7) is 0.0394. The number of carbonyl (C=O) groups excluding carboxylic acids is 2. The van der Waals surface area contributed by atoms with Crippen molar-refractivity contribution in [3.8, 4) is 12.3 Å². The van der Waals surface area contributed by atoms with E-state index in [0.717, 1.165) is 0 Å². The van der Waals surface area contributed by atoms with Crippen LogP contribution in [0.3, 0.4) is 0 Å². The topological polar surface area (TPSA) is 174 Å². The highest BCUT2D eigenvalue weighted by atomic mass is 32.2. The second-order valence-corrected chi connectivity index (χ2v) is 8.38. The fraction of sp³-hybridized carbons (Fsp3) is 0.400. The van der Waals surface area contributed by atoms with Gasteiger partial charge in [-0.05, 0) is 26.4 Å². The van der Waals surface area contributed by atoms with Crippen LogP contribution in [-0.2, 0) is 27.5 Å². The zero-order valence-electron chi connectivity index (χ0n) is 15.7. The summed E-state index contributed by atoms with van der Waals surface area (Å²) in [4.78, 5) is 37.9. The Labute approximate surface area is 182 Å². The van der Waals surface area contributed by atoms with Crippen LogP contribution in [0.15, 0.2) is 22.8 Å². The normalized spacial score (nSPS) is 20.1. The van der Waals surface area contributed by atoms with Gasteiger partial charge < -0.3 is 10.4 Å². The molecule has 2 N–H and O–H groups in total. The molecule has 4 rings (SSSR count). The van der Waals surface area contributed by atoms with Crippen molar-refractivity contribution in [1.82, 2.24) is 50.6 Å². The molecule has 2 atom stereocenters. The molecule has 0 saturated carbocycles. The van der Waals surface area contributed by atoms with Gasteiger partial charge in [0.05, 0.1) is 0 Å². The van der Waals surface area contributed by atoms with Gasteiger partial charge >= 0.3 is 5.97 Å². The molecular formula is C15H14N10O4S2. The Hall–Kier alpha value is -3.45. The first-order valence-corrected chi connectivity index (χ1v) is 10.8. The number of thioether (sulfide) groups is 2. The second-order valence-electron chi connectivity index (χ2n) is 6.33. The molecule has 2 amide bonds. The Balaban J connectivity index is 1.44. The van der Waals surface area contributed by atoms with Crippen LogP contribution in [0.2, 0.25) is 0 Å². The molecule has 2 aromatic rings. The van der Waals surface area contributed by atoms with E-state index >= 15 is 0 Å². The maximum absolute atomic E-state index is 12.7. The lowest BCUT2D eigenvalue weighted by molar-refractivity contribution is -0.150. The number of nitrogens with zero attached hydrogens (tertiary/aromatic N) is 9. The molecule has 1 unspecified atom stereocenters. The van der Waals surface area contributed by atoms with Crippen molar-refractivity contribution in [1.29, 1.82) is 0 Å². The van der Waals surface area contributed by atoms with Gasteiger partial charge in [0.25, 0.3) is 5.91 Å². The minimum absolute atomic E-state index is 0.0804. The molecule has 4 heterocycles. The minimum atomic E-state index is -1.21. The number of β-lactam (4-membered cyclic amide) rings is 1. The number of aromatic nitrogens is 8. The van der Waals surface area contributed by atoms with Gasteiger partial charge in [0.2, 0.25) is 11.1 Å². The summed E-state index contributed by atoms with van der Waals surface area (Å²) in [6, 6.07) is -0.819. The van der Waals surface area contributed by atoms with Gasteiger partial charge in [-0.1, -0.05) is 17.7 Å². The molecule has 0 bridgehead atoms. The van der Waals surface area contributed by atoms with Crippen molar-refractivity contribution in [2.24, 2.45) is 0 Å². The minimum Gasteiger partial charge on any atom is -0.477 e. The van der Waals surface area contributed by atoms with Crippen LogP contribution in [-0.4, -0.2) is 91.1 Å². The number of nitrogens with one attached hydrogen (secondary N) is 1. The number of rotatable bonds is 8. The molecule has 0 aliphatic carbocycles. The van der Waals surface area contributed by atoms with Crippen LogP contribution in [0.5, 0.6) is 0 Å². The molecule has 0 aromatic carbocycles. The largest absolute Gasteiger partial charge is 0.477 e. The number of carbonyl (C=O) groups is 3. The van der Waals surface area contributed by atoms with Crippen LogP contribution < -0.4 is 5.32 Å². The van der Waals surface area contributed by atoms with E-state index in [2.05, 4.69) is 42.3 Å². The standard InChI is InChI=1S/C15H14N10O4S2/c1-2-3-24-15(18-20-22-24)31-6-8-5-30-13-10(12(27)25(13)11(8)14(28)29)17-9(26)4-23-7-16-19-21-23/h1,7,10,13H,3-6H2,(H,17,26)(H,28,29)/t10?,13-/m0/s1. The molecule has 1 saturated heterocycles. The number of hydrogen-bond donors (Lipinski definition) is 2. The zero-order chi connectivity index (χ0) is 22.0. The first-order chi connectivity index (χ1) is 15.0. The lowest BCUT2D eigenvalue weighted by Gasteiger charge is -2.49. The fourth-order valence-electron chi connectivity index (χ4n) is 3.05. The summed E-state index contributed by atoms with van der Waals surface area (Å²) in [5, 5.41) is 34.0. The van der Waals surface area contributed by atoms with E-state index in [1.807, 2.05) is 0 Å². The number of terminal acetylenes is 1. The van der Waals surface area contributed by atoms with Crippen LogP contribution in [0.25, 0.3) is 0 Å². The molecule has 1 fully saturated rings. The van der Waals surface area contributed by atoms with E-state index in [4.69, 9.17) is 6.42 Å². The van der Waals surface area contributed by atoms with E-state index < -0.39 is 29.2 Å². The summed E-state index contributed by atoms with van der Waals surface area (Å²) in [7, 11) is 0. The third kappa shape index (κ3) is 4.09. The second kappa shape index (κ2) is 8.73. The van der Waals surface area contributed by atoms with Gasteiger partial charge in [-0.25, -0.2) is 14.2 Å². The Bertz CT molecular complexity index is 1090. The quantitative estimate of drug-likeness (QED) is 0.247. The van der Waals surface area contributed by atoms with Gasteiger partial charge in [-0.3, -0.25) is 14.5 Å². The first-order valence-electron chi connectivity index (χ1n) is 8.72. The van der Waals surface area contributed by atoms with Crippen molar-refractivity contribution in [2.75, 3.05) is 11.5 Å². The van der Waals surface area contributed by atoms with Crippen molar-refractivity contribution >= 4 is 41.3 Å². The summed E-state index contributed by atoms with van der Waals surface area (Å²) in [6.07, 6.45) is 6.56. The van der Waals surface area contributed by atoms with Crippen molar-refractivity contribution in [3.63, 3.8) is 0 Å². The molecule has 0 radical (unpaired) electrons. The third-order valence-corrected chi connectivity index (χ3v) is 6.76. The summed E-state index contributed by atoms with van der Waals surface area (Å²) < 4.78 is 2.64. The Kier molecular flexibility index (Phi) is 5.86. The molecule has 16 heteroatoms. The fourth-order valence-corrected chi connectivity index (χ4v) is 5.41. The van der Waals surface area contributed by atoms with Gasteiger partial charge in [-0.2, -0.15) is 0 Å². The van der Waals surface area contributed by atoms with Crippen LogP contribution in [0.1, 0.15) is 0 Å².